The second-order valence-corrected chi connectivity index (χ2v) is 6.77. The molecule has 2 atom stereocenters. The first kappa shape index (κ1) is 15.1. The Morgan fingerprint density at radius 2 is 2.09 bits per heavy atom. The zero-order valence-electron chi connectivity index (χ0n) is 13.1. The quantitative estimate of drug-likeness (QED) is 0.907. The summed E-state index contributed by atoms with van der Waals surface area (Å²) >= 11 is 0. The molecule has 3 rings (SSSR count). The molecule has 0 unspecified atom stereocenters. The Morgan fingerprint density at radius 3 is 2.73 bits per heavy atom. The number of nitrogens with one attached hydrogen (secondary N) is 1. The van der Waals surface area contributed by atoms with Gasteiger partial charge in [-0.3, -0.25) is 9.69 Å². The lowest BCUT2D eigenvalue weighted by Gasteiger charge is -2.24. The van der Waals surface area contributed by atoms with E-state index < -0.39 is 5.54 Å². The number of nitriles is 1. The summed E-state index contributed by atoms with van der Waals surface area (Å²) < 4.78 is 0. The highest BCUT2D eigenvalue weighted by Crippen LogP contribution is 2.39. The summed E-state index contributed by atoms with van der Waals surface area (Å²) in [6, 6.07) is 12.8. The van der Waals surface area contributed by atoms with E-state index >= 15 is 0 Å². The summed E-state index contributed by atoms with van der Waals surface area (Å²) in [5, 5.41) is 12.3. The van der Waals surface area contributed by atoms with Crippen molar-refractivity contribution in [2.24, 2.45) is 5.92 Å². The number of carbonyl (C=O) groups is 1. The fourth-order valence-electron chi connectivity index (χ4n) is 3.39. The molecule has 1 amide bonds. The molecule has 116 valence electrons. The van der Waals surface area contributed by atoms with Crippen LogP contribution in [0.1, 0.15) is 37.7 Å². The number of benzene rings is 1. The van der Waals surface area contributed by atoms with Crippen LogP contribution in [0.15, 0.2) is 30.3 Å². The first-order chi connectivity index (χ1) is 10.6. The van der Waals surface area contributed by atoms with Crippen molar-refractivity contribution in [2.75, 3.05) is 19.6 Å². The Bertz CT molecular complexity index is 576. The molecule has 1 heterocycles. The molecule has 1 N–H and O–H groups in total. The van der Waals surface area contributed by atoms with Gasteiger partial charge in [0.2, 0.25) is 5.91 Å². The molecular formula is C18H23N3O. The zero-order valence-corrected chi connectivity index (χ0v) is 13.1. The molecule has 1 aromatic rings. The molecule has 1 saturated carbocycles. The minimum atomic E-state index is -0.685. The monoisotopic (exact) mass is 297 g/mol. The molecule has 1 aliphatic heterocycles. The molecule has 1 saturated heterocycles. The fraction of sp³-hybridized carbons (Fsp3) is 0.556. The number of nitrogens with zero attached hydrogens (tertiary/aromatic N) is 2. The van der Waals surface area contributed by atoms with E-state index in [1.54, 1.807) is 0 Å². The third-order valence-electron chi connectivity index (χ3n) is 4.94. The van der Waals surface area contributed by atoms with E-state index in [1.165, 1.54) is 5.56 Å². The SMILES string of the molecule is C[C@@](C#N)(NC(=O)CN1CC[C@@H](c2ccccc2)C1)C1CC1. The summed E-state index contributed by atoms with van der Waals surface area (Å²) in [7, 11) is 0. The van der Waals surface area contributed by atoms with Crippen molar-refractivity contribution in [1.82, 2.24) is 10.2 Å². The van der Waals surface area contributed by atoms with Crippen molar-refractivity contribution in [3.8, 4) is 6.07 Å². The molecule has 0 aromatic heterocycles. The first-order valence-corrected chi connectivity index (χ1v) is 8.10. The van der Waals surface area contributed by atoms with Crippen molar-refractivity contribution in [1.29, 1.82) is 5.26 Å². The van der Waals surface area contributed by atoms with E-state index in [0.717, 1.165) is 32.4 Å². The Balaban J connectivity index is 1.52. The average Bonchev–Trinajstić information content (AvgIpc) is 3.29. The molecule has 2 fully saturated rings. The normalized spacial score (nSPS) is 24.5. The van der Waals surface area contributed by atoms with E-state index in [9.17, 15) is 10.1 Å². The number of rotatable bonds is 5. The summed E-state index contributed by atoms with van der Waals surface area (Å²) in [5.41, 5.74) is 0.667. The van der Waals surface area contributed by atoms with Crippen molar-refractivity contribution in [3.05, 3.63) is 35.9 Å². The van der Waals surface area contributed by atoms with Crippen LogP contribution in [0.2, 0.25) is 0 Å². The zero-order chi connectivity index (χ0) is 15.6. The van der Waals surface area contributed by atoms with Gasteiger partial charge in [-0.15, -0.1) is 0 Å². The molecular weight excluding hydrogens is 274 g/mol. The van der Waals surface area contributed by atoms with Crippen LogP contribution < -0.4 is 5.32 Å². The predicted octanol–water partition coefficient (Wildman–Crippen LogP) is 2.28. The highest BCUT2D eigenvalue weighted by Gasteiger charge is 2.43. The van der Waals surface area contributed by atoms with Gasteiger partial charge in [-0.2, -0.15) is 5.26 Å². The van der Waals surface area contributed by atoms with E-state index in [1.807, 2.05) is 13.0 Å². The summed E-state index contributed by atoms with van der Waals surface area (Å²) in [4.78, 5) is 14.4. The molecule has 22 heavy (non-hydrogen) atoms. The Hall–Kier alpha value is -1.86. The lowest BCUT2D eigenvalue weighted by Crippen LogP contribution is -2.50. The molecule has 0 spiro atoms. The van der Waals surface area contributed by atoms with Crippen LogP contribution in [-0.2, 0) is 4.79 Å². The maximum atomic E-state index is 12.2. The summed E-state index contributed by atoms with van der Waals surface area (Å²) in [6.45, 7) is 4.11. The van der Waals surface area contributed by atoms with Crippen LogP contribution in [0.5, 0.6) is 0 Å². The summed E-state index contributed by atoms with van der Waals surface area (Å²) in [5.74, 6) is 0.821. The van der Waals surface area contributed by atoms with Crippen molar-refractivity contribution in [3.63, 3.8) is 0 Å². The molecule has 4 nitrogen and oxygen atoms in total. The van der Waals surface area contributed by atoms with E-state index in [0.29, 0.717) is 18.4 Å². The van der Waals surface area contributed by atoms with Gasteiger partial charge in [0.15, 0.2) is 0 Å². The van der Waals surface area contributed by atoms with Crippen LogP contribution in [0.3, 0.4) is 0 Å². The molecule has 0 bridgehead atoms. The van der Waals surface area contributed by atoms with Gasteiger partial charge in [-0.05, 0) is 50.1 Å². The smallest absolute Gasteiger partial charge is 0.235 e. The average molecular weight is 297 g/mol. The van der Waals surface area contributed by atoms with Crippen LogP contribution in [0, 0.1) is 17.2 Å². The lowest BCUT2D eigenvalue weighted by molar-refractivity contribution is -0.123. The minimum absolute atomic E-state index is 0.0235. The van der Waals surface area contributed by atoms with E-state index in [-0.39, 0.29) is 5.91 Å². The molecule has 2 aliphatic rings. The second-order valence-electron chi connectivity index (χ2n) is 6.77. The first-order valence-electron chi connectivity index (χ1n) is 8.10. The third-order valence-corrected chi connectivity index (χ3v) is 4.94. The molecule has 0 radical (unpaired) electrons. The van der Waals surface area contributed by atoms with Gasteiger partial charge in [-0.1, -0.05) is 30.3 Å². The Kier molecular flexibility index (Phi) is 4.17. The maximum Gasteiger partial charge on any atom is 0.235 e. The van der Waals surface area contributed by atoms with E-state index in [2.05, 4.69) is 40.6 Å². The van der Waals surface area contributed by atoms with E-state index in [4.69, 9.17) is 0 Å². The molecule has 4 heteroatoms. The topological polar surface area (TPSA) is 56.1 Å². The lowest BCUT2D eigenvalue weighted by atomic mass is 9.98. The Labute approximate surface area is 132 Å². The van der Waals surface area contributed by atoms with Crippen LogP contribution in [0.25, 0.3) is 0 Å². The van der Waals surface area contributed by atoms with Gasteiger partial charge in [0.05, 0.1) is 12.6 Å². The highest BCUT2D eigenvalue weighted by molar-refractivity contribution is 5.79. The van der Waals surface area contributed by atoms with Gasteiger partial charge >= 0.3 is 0 Å². The van der Waals surface area contributed by atoms with Crippen LogP contribution in [-0.4, -0.2) is 36.0 Å². The van der Waals surface area contributed by atoms with Gasteiger partial charge in [0.25, 0.3) is 0 Å². The fourth-order valence-corrected chi connectivity index (χ4v) is 3.39. The maximum absolute atomic E-state index is 12.2. The predicted molar refractivity (Wildman–Crippen MR) is 85.1 cm³/mol. The number of hydrogen-bond donors (Lipinski definition) is 1. The Morgan fingerprint density at radius 1 is 1.36 bits per heavy atom. The van der Waals surface area contributed by atoms with Crippen LogP contribution in [0.4, 0.5) is 0 Å². The standard InChI is InChI=1S/C18H23N3O/c1-18(13-19,16-7-8-16)20-17(22)12-21-10-9-15(11-21)14-5-3-2-4-6-14/h2-6,15-16H,7-12H2,1H3,(H,20,22)/t15-,18+/m1/s1. The van der Waals surface area contributed by atoms with Gasteiger partial charge in [-0.25, -0.2) is 0 Å². The van der Waals surface area contributed by atoms with Crippen LogP contribution >= 0.6 is 0 Å². The third kappa shape index (κ3) is 3.31. The van der Waals surface area contributed by atoms with Crippen molar-refractivity contribution < 1.29 is 4.79 Å². The second kappa shape index (κ2) is 6.10. The number of likely N-dealkylation sites (tertiary alicyclic amines) is 1. The molecule has 1 aromatic carbocycles. The van der Waals surface area contributed by atoms with Crippen molar-refractivity contribution >= 4 is 5.91 Å². The van der Waals surface area contributed by atoms with Gasteiger partial charge in [0.1, 0.15) is 5.54 Å². The number of amides is 1. The van der Waals surface area contributed by atoms with Crippen molar-refractivity contribution in [2.45, 2.75) is 37.6 Å². The largest absolute Gasteiger partial charge is 0.337 e. The van der Waals surface area contributed by atoms with Gasteiger partial charge in [0, 0.05) is 6.54 Å². The summed E-state index contributed by atoms with van der Waals surface area (Å²) in [6.07, 6.45) is 3.18. The highest BCUT2D eigenvalue weighted by atomic mass is 16.2. The van der Waals surface area contributed by atoms with Gasteiger partial charge < -0.3 is 5.32 Å². The number of hydrogen-bond acceptors (Lipinski definition) is 3. The molecule has 1 aliphatic carbocycles. The minimum Gasteiger partial charge on any atom is -0.337 e. The number of carbonyl (C=O) groups excluding carboxylic acids is 1.